The zero-order valence-electron chi connectivity index (χ0n) is 17.4. The van der Waals surface area contributed by atoms with Gasteiger partial charge in [-0.25, -0.2) is 4.39 Å². The lowest BCUT2D eigenvalue weighted by Crippen LogP contribution is -2.67. The van der Waals surface area contributed by atoms with E-state index in [0.717, 1.165) is 22.9 Å². The van der Waals surface area contributed by atoms with Crippen LogP contribution in [0.1, 0.15) is 16.7 Å². The first-order valence-corrected chi connectivity index (χ1v) is 10.5. The number of carbonyl (C=O) groups is 1. The fourth-order valence-corrected chi connectivity index (χ4v) is 4.24. The average Bonchev–Trinajstić information content (AvgIpc) is 3.16. The summed E-state index contributed by atoms with van der Waals surface area (Å²) in [6.07, 6.45) is 0.821. The summed E-state index contributed by atoms with van der Waals surface area (Å²) < 4.78 is 20.8. The van der Waals surface area contributed by atoms with E-state index in [4.69, 9.17) is 10.2 Å². The molecule has 1 aliphatic rings. The van der Waals surface area contributed by atoms with E-state index in [1.54, 1.807) is 6.07 Å². The lowest BCUT2D eigenvalue weighted by atomic mass is 9.93. The van der Waals surface area contributed by atoms with E-state index in [1.165, 1.54) is 11.6 Å². The maximum Gasteiger partial charge on any atom is 0.252 e. The van der Waals surface area contributed by atoms with Crippen molar-refractivity contribution in [3.8, 4) is 11.3 Å². The van der Waals surface area contributed by atoms with Crippen LogP contribution in [0.2, 0.25) is 0 Å². The topological polar surface area (TPSA) is 79.7 Å². The van der Waals surface area contributed by atoms with Gasteiger partial charge in [0, 0.05) is 25.0 Å². The van der Waals surface area contributed by atoms with Gasteiger partial charge >= 0.3 is 0 Å². The van der Waals surface area contributed by atoms with Crippen molar-refractivity contribution >= 4 is 16.9 Å². The third-order valence-electron chi connectivity index (χ3n) is 5.97. The molecule has 4 aromatic rings. The second-order valence-electron chi connectivity index (χ2n) is 8.50. The first kappa shape index (κ1) is 20.4. The molecule has 5 rings (SSSR count). The summed E-state index contributed by atoms with van der Waals surface area (Å²) in [7, 11) is 0. The summed E-state index contributed by atoms with van der Waals surface area (Å²) in [5, 5.41) is 10.9. The van der Waals surface area contributed by atoms with Gasteiger partial charge in [-0.2, -0.15) is 0 Å². The number of hydrogen-bond donors (Lipinski definition) is 2. The highest BCUT2D eigenvalue weighted by Crippen LogP contribution is 2.32. The van der Waals surface area contributed by atoms with Gasteiger partial charge in [0.05, 0.1) is 5.56 Å². The van der Waals surface area contributed by atoms with Crippen LogP contribution in [0.4, 0.5) is 4.39 Å². The number of furan rings is 1. The number of rotatable bonds is 6. The van der Waals surface area contributed by atoms with Gasteiger partial charge in [-0.1, -0.05) is 42.5 Å². The largest absolute Gasteiger partial charge is 0.456 e. The molecule has 3 N–H and O–H groups in total. The normalized spacial score (nSPS) is 15.6. The molecule has 3 aromatic carbocycles. The zero-order valence-corrected chi connectivity index (χ0v) is 17.4. The van der Waals surface area contributed by atoms with E-state index in [2.05, 4.69) is 18.2 Å². The maximum absolute atomic E-state index is 14.9. The van der Waals surface area contributed by atoms with Gasteiger partial charge in [-0.05, 0) is 53.4 Å². The summed E-state index contributed by atoms with van der Waals surface area (Å²) in [6, 6.07) is 23.1. The number of halogens is 1. The third-order valence-corrected chi connectivity index (χ3v) is 5.97. The molecule has 1 fully saturated rings. The van der Waals surface area contributed by atoms with Crippen molar-refractivity contribution in [2.24, 2.45) is 5.73 Å². The number of β-amino-alcohol motifs (C(OH)–C–C–N with tert-alkyl or cyclic N) is 1. The quantitative estimate of drug-likeness (QED) is 0.487. The van der Waals surface area contributed by atoms with Gasteiger partial charge < -0.3 is 15.3 Å². The van der Waals surface area contributed by atoms with Crippen molar-refractivity contribution in [3.63, 3.8) is 0 Å². The third kappa shape index (κ3) is 3.90. The molecular formula is C26H23FN2O3. The summed E-state index contributed by atoms with van der Waals surface area (Å²) in [4.78, 5) is 13.1. The van der Waals surface area contributed by atoms with Crippen LogP contribution in [0.5, 0.6) is 0 Å². The maximum atomic E-state index is 14.9. The molecule has 2 heterocycles. The Kier molecular flexibility index (Phi) is 5.04. The number of aliphatic hydroxyl groups is 1. The highest BCUT2D eigenvalue weighted by molar-refractivity contribution is 5.85. The summed E-state index contributed by atoms with van der Waals surface area (Å²) >= 11 is 0. The minimum atomic E-state index is -1.48. The number of fused-ring (bicyclic) bond motifs is 1. The van der Waals surface area contributed by atoms with Crippen LogP contribution in [-0.4, -0.2) is 34.6 Å². The van der Waals surface area contributed by atoms with Crippen LogP contribution in [0.25, 0.3) is 22.3 Å². The molecule has 162 valence electrons. The smallest absolute Gasteiger partial charge is 0.252 e. The average molecular weight is 430 g/mol. The van der Waals surface area contributed by atoms with Crippen molar-refractivity contribution in [1.29, 1.82) is 0 Å². The Hall–Kier alpha value is -3.48. The predicted octanol–water partition coefficient (Wildman–Crippen LogP) is 3.86. The van der Waals surface area contributed by atoms with E-state index in [-0.39, 0.29) is 18.9 Å². The predicted molar refractivity (Wildman–Crippen MR) is 120 cm³/mol. The highest BCUT2D eigenvalue weighted by atomic mass is 19.1. The molecule has 0 unspecified atom stereocenters. The Labute approximate surface area is 184 Å². The number of carbonyl (C=O) groups excluding carboxylic acids is 1. The van der Waals surface area contributed by atoms with Crippen LogP contribution < -0.4 is 5.73 Å². The van der Waals surface area contributed by atoms with Crippen LogP contribution in [0.3, 0.4) is 0 Å². The minimum Gasteiger partial charge on any atom is -0.456 e. The summed E-state index contributed by atoms with van der Waals surface area (Å²) in [6.45, 7) is 0.733. The van der Waals surface area contributed by atoms with Gasteiger partial charge in [-0.15, -0.1) is 0 Å². The molecule has 6 heteroatoms. The van der Waals surface area contributed by atoms with E-state index < -0.39 is 11.5 Å². The van der Waals surface area contributed by atoms with Gasteiger partial charge in [0.15, 0.2) is 5.60 Å². The number of primary amides is 1. The molecule has 0 radical (unpaired) electrons. The zero-order chi connectivity index (χ0) is 22.3. The number of nitrogens with zero attached hydrogens (tertiary/aromatic N) is 1. The van der Waals surface area contributed by atoms with Gasteiger partial charge in [-0.3, -0.25) is 9.69 Å². The Morgan fingerprint density at radius 1 is 1.00 bits per heavy atom. The van der Waals surface area contributed by atoms with Crippen LogP contribution >= 0.6 is 0 Å². The number of benzene rings is 3. The first-order valence-electron chi connectivity index (χ1n) is 10.5. The number of amides is 1. The lowest BCUT2D eigenvalue weighted by molar-refractivity contribution is -0.156. The molecular weight excluding hydrogens is 407 g/mol. The molecule has 0 aliphatic carbocycles. The molecule has 5 nitrogen and oxygen atoms in total. The van der Waals surface area contributed by atoms with Crippen molar-refractivity contribution in [2.75, 3.05) is 13.1 Å². The minimum absolute atomic E-state index is 0.153. The fraction of sp³-hybridized carbons (Fsp3) is 0.192. The second-order valence-corrected chi connectivity index (χ2v) is 8.50. The van der Waals surface area contributed by atoms with E-state index in [1.807, 2.05) is 47.4 Å². The number of hydrogen-bond acceptors (Lipinski definition) is 4. The molecule has 0 saturated carbocycles. The van der Waals surface area contributed by atoms with E-state index >= 15 is 0 Å². The Morgan fingerprint density at radius 2 is 1.75 bits per heavy atom. The van der Waals surface area contributed by atoms with Crippen molar-refractivity contribution < 1.29 is 18.7 Å². The molecule has 0 spiro atoms. The monoisotopic (exact) mass is 430 g/mol. The van der Waals surface area contributed by atoms with E-state index in [0.29, 0.717) is 23.5 Å². The molecule has 1 aliphatic heterocycles. The van der Waals surface area contributed by atoms with Gasteiger partial charge in [0.1, 0.15) is 17.2 Å². The molecule has 1 amide bonds. The first-order chi connectivity index (χ1) is 15.4. The Morgan fingerprint density at radius 3 is 2.47 bits per heavy atom. The van der Waals surface area contributed by atoms with Crippen LogP contribution in [0, 0.1) is 5.82 Å². The molecule has 0 bridgehead atoms. The highest BCUT2D eigenvalue weighted by Gasteiger charge is 2.46. The number of nitrogens with two attached hydrogens (primary N) is 1. The molecule has 0 atom stereocenters. The van der Waals surface area contributed by atoms with Crippen molar-refractivity contribution in [1.82, 2.24) is 4.90 Å². The van der Waals surface area contributed by atoms with E-state index in [9.17, 15) is 14.3 Å². The molecule has 32 heavy (non-hydrogen) atoms. The Balaban J connectivity index is 1.33. The van der Waals surface area contributed by atoms with Gasteiger partial charge in [0.2, 0.25) is 0 Å². The summed E-state index contributed by atoms with van der Waals surface area (Å²) in [5.41, 5.74) is 7.96. The van der Waals surface area contributed by atoms with Crippen LogP contribution in [-0.2, 0) is 17.8 Å². The molecule has 1 aromatic heterocycles. The standard InChI is InChI=1S/C26H23FN2O3/c27-22-12-19(14-29-15-26(31,16-29)25(28)30)6-8-21(22)24-13-20-11-18(7-9-23(20)32-24)10-17-4-2-1-3-5-17/h1-9,11-13,31H,10,14-16H2,(H2,28,30). The molecule has 1 saturated heterocycles. The van der Waals surface area contributed by atoms with Crippen molar-refractivity contribution in [2.45, 2.75) is 18.6 Å². The Bertz CT molecular complexity index is 1290. The fourth-order valence-electron chi connectivity index (χ4n) is 4.24. The number of likely N-dealkylation sites (tertiary alicyclic amines) is 1. The SMILES string of the molecule is NC(=O)C1(O)CN(Cc2ccc(-c3cc4cc(Cc5ccccc5)ccc4o3)c(F)c2)C1. The lowest BCUT2D eigenvalue weighted by Gasteiger charge is -2.44. The second kappa shape index (κ2) is 7.89. The van der Waals surface area contributed by atoms with Gasteiger partial charge in [0.25, 0.3) is 5.91 Å². The van der Waals surface area contributed by atoms with Crippen molar-refractivity contribution in [3.05, 3.63) is 95.3 Å². The summed E-state index contributed by atoms with van der Waals surface area (Å²) in [5.74, 6) is -0.628. The van der Waals surface area contributed by atoms with Crippen LogP contribution in [0.15, 0.2) is 77.2 Å².